The predicted molar refractivity (Wildman–Crippen MR) is 61.2 cm³/mol. The Kier molecular flexibility index (Phi) is 2.33. The number of carbonyl (C=O) groups is 1. The molecule has 2 aromatic heterocycles. The molecule has 0 aliphatic carbocycles. The fourth-order valence-corrected chi connectivity index (χ4v) is 4.11. The molecule has 0 N–H and O–H groups in total. The molecule has 0 aromatic carbocycles. The first kappa shape index (κ1) is 10.0. The molecule has 0 saturated heterocycles. The van der Waals surface area contributed by atoms with Crippen LogP contribution in [0.25, 0.3) is 0 Å². The van der Waals surface area contributed by atoms with E-state index in [0.717, 1.165) is 10.6 Å². The quantitative estimate of drug-likeness (QED) is 0.784. The summed E-state index contributed by atoms with van der Waals surface area (Å²) in [6, 6.07) is 0. The van der Waals surface area contributed by atoms with Crippen LogP contribution in [-0.2, 0) is 11.5 Å². The summed E-state index contributed by atoms with van der Waals surface area (Å²) in [6.07, 6.45) is 4.43. The molecule has 82 valence electrons. The number of rotatable bonds is 1. The molecule has 0 spiro atoms. The monoisotopic (exact) mass is 254 g/mol. The molecule has 1 aliphatic rings. The summed E-state index contributed by atoms with van der Waals surface area (Å²) in [5.74, 6) is 0.811. The van der Waals surface area contributed by atoms with Crippen LogP contribution in [-0.4, -0.2) is 15.5 Å². The third-order valence-electron chi connectivity index (χ3n) is 2.44. The summed E-state index contributed by atoms with van der Waals surface area (Å²) in [7, 11) is 0. The van der Waals surface area contributed by atoms with Crippen LogP contribution in [0.1, 0.15) is 20.1 Å². The minimum atomic E-state index is -0.344. The van der Waals surface area contributed by atoms with Crippen LogP contribution in [0, 0.1) is 5.82 Å². The highest BCUT2D eigenvalue weighted by Gasteiger charge is 2.26. The molecule has 0 saturated carbocycles. The van der Waals surface area contributed by atoms with Crippen molar-refractivity contribution in [1.82, 2.24) is 9.55 Å². The van der Waals surface area contributed by atoms with Crippen LogP contribution >= 0.6 is 23.1 Å². The molecule has 3 rings (SSSR count). The SMILES string of the molecule is O=C(c1sc2c(c1F)CSC2)n1ccnc1. The number of imidazole rings is 1. The van der Waals surface area contributed by atoms with Crippen LogP contribution in [0.2, 0.25) is 0 Å². The predicted octanol–water partition coefficient (Wildman–Crippen LogP) is 2.52. The molecule has 0 fully saturated rings. The Morgan fingerprint density at radius 1 is 1.50 bits per heavy atom. The lowest BCUT2D eigenvalue weighted by Crippen LogP contribution is -2.09. The second-order valence-electron chi connectivity index (χ2n) is 3.41. The zero-order valence-electron chi connectivity index (χ0n) is 8.14. The van der Waals surface area contributed by atoms with Crippen molar-refractivity contribution < 1.29 is 9.18 Å². The van der Waals surface area contributed by atoms with Gasteiger partial charge in [-0.1, -0.05) is 0 Å². The largest absolute Gasteiger partial charge is 0.276 e. The summed E-state index contributed by atoms with van der Waals surface area (Å²) >= 11 is 2.94. The number of carbonyl (C=O) groups excluding carboxylic acids is 1. The molecule has 16 heavy (non-hydrogen) atoms. The van der Waals surface area contributed by atoms with E-state index in [0.29, 0.717) is 11.3 Å². The van der Waals surface area contributed by atoms with Crippen LogP contribution in [0.5, 0.6) is 0 Å². The van der Waals surface area contributed by atoms with E-state index >= 15 is 0 Å². The number of fused-ring (bicyclic) bond motifs is 1. The summed E-state index contributed by atoms with van der Waals surface area (Å²) in [4.78, 5) is 16.9. The summed E-state index contributed by atoms with van der Waals surface area (Å²) in [6.45, 7) is 0. The van der Waals surface area contributed by atoms with E-state index in [-0.39, 0.29) is 16.6 Å². The molecule has 3 heterocycles. The van der Waals surface area contributed by atoms with Crippen molar-refractivity contribution in [1.29, 1.82) is 0 Å². The number of halogens is 1. The smallest absolute Gasteiger partial charge is 0.271 e. The molecule has 0 radical (unpaired) electrons. The van der Waals surface area contributed by atoms with E-state index in [2.05, 4.69) is 4.98 Å². The first-order chi connectivity index (χ1) is 7.77. The van der Waals surface area contributed by atoms with Crippen molar-refractivity contribution in [3.05, 3.63) is 39.9 Å². The van der Waals surface area contributed by atoms with E-state index in [1.807, 2.05) is 0 Å². The van der Waals surface area contributed by atoms with Gasteiger partial charge in [-0.3, -0.25) is 9.36 Å². The van der Waals surface area contributed by atoms with Crippen molar-refractivity contribution in [3.63, 3.8) is 0 Å². The normalized spacial score (nSPS) is 14.1. The Labute approximate surface area is 99.3 Å². The molecule has 3 nitrogen and oxygen atoms in total. The molecular weight excluding hydrogens is 247 g/mol. The third kappa shape index (κ3) is 1.41. The standard InChI is InChI=1S/C10H7FN2OS2/c11-8-6-3-15-4-7(6)16-9(8)10(14)13-2-1-12-5-13/h1-2,5H,3-4H2. The van der Waals surface area contributed by atoms with E-state index in [1.54, 1.807) is 11.8 Å². The zero-order valence-corrected chi connectivity index (χ0v) is 9.78. The van der Waals surface area contributed by atoms with E-state index in [9.17, 15) is 9.18 Å². The zero-order chi connectivity index (χ0) is 11.1. The fourth-order valence-electron chi connectivity index (χ4n) is 1.63. The number of hydrogen-bond donors (Lipinski definition) is 0. The first-order valence-electron chi connectivity index (χ1n) is 4.68. The Morgan fingerprint density at radius 3 is 3.06 bits per heavy atom. The van der Waals surface area contributed by atoms with Gasteiger partial charge in [0.05, 0.1) is 0 Å². The van der Waals surface area contributed by atoms with Crippen LogP contribution in [0.15, 0.2) is 18.7 Å². The lowest BCUT2D eigenvalue weighted by molar-refractivity contribution is 0.0960. The van der Waals surface area contributed by atoms with E-state index in [1.165, 1.54) is 34.6 Å². The Bertz CT molecular complexity index is 547. The second kappa shape index (κ2) is 3.71. The van der Waals surface area contributed by atoms with Gasteiger partial charge >= 0.3 is 0 Å². The van der Waals surface area contributed by atoms with Gasteiger partial charge in [0.1, 0.15) is 11.2 Å². The molecular formula is C10H7FN2OS2. The Morgan fingerprint density at radius 2 is 2.38 bits per heavy atom. The highest BCUT2D eigenvalue weighted by atomic mass is 32.2. The van der Waals surface area contributed by atoms with Gasteiger partial charge in [-0.05, 0) is 0 Å². The lowest BCUT2D eigenvalue weighted by Gasteiger charge is -1.98. The summed E-state index contributed by atoms with van der Waals surface area (Å²) in [5, 5.41) is 0. The first-order valence-corrected chi connectivity index (χ1v) is 6.65. The van der Waals surface area contributed by atoms with Gasteiger partial charge in [0.15, 0.2) is 5.82 Å². The minimum absolute atomic E-state index is 0.198. The highest BCUT2D eigenvalue weighted by molar-refractivity contribution is 7.98. The third-order valence-corrected chi connectivity index (χ3v) is 4.80. The van der Waals surface area contributed by atoms with Crippen LogP contribution in [0.4, 0.5) is 4.39 Å². The van der Waals surface area contributed by atoms with Crippen LogP contribution in [0.3, 0.4) is 0 Å². The van der Waals surface area contributed by atoms with Crippen LogP contribution < -0.4 is 0 Å². The van der Waals surface area contributed by atoms with Crippen molar-refractivity contribution in [2.45, 2.75) is 11.5 Å². The summed E-state index contributed by atoms with van der Waals surface area (Å²) < 4.78 is 15.2. The van der Waals surface area contributed by atoms with Gasteiger partial charge in [-0.25, -0.2) is 9.37 Å². The number of thioether (sulfide) groups is 1. The van der Waals surface area contributed by atoms with Gasteiger partial charge in [0.2, 0.25) is 0 Å². The van der Waals surface area contributed by atoms with Crippen molar-refractivity contribution >= 4 is 29.0 Å². The molecule has 0 atom stereocenters. The number of aromatic nitrogens is 2. The minimum Gasteiger partial charge on any atom is -0.271 e. The Hall–Kier alpha value is -1.14. The second-order valence-corrected chi connectivity index (χ2v) is 5.51. The average Bonchev–Trinajstić information content (AvgIpc) is 2.95. The maximum absolute atomic E-state index is 13.9. The topological polar surface area (TPSA) is 34.9 Å². The number of nitrogens with zero attached hydrogens (tertiary/aromatic N) is 2. The average molecular weight is 254 g/mol. The van der Waals surface area contributed by atoms with E-state index in [4.69, 9.17) is 0 Å². The number of thiophene rings is 1. The highest BCUT2D eigenvalue weighted by Crippen LogP contribution is 2.39. The maximum atomic E-state index is 13.9. The van der Waals surface area contributed by atoms with Crippen molar-refractivity contribution in [2.75, 3.05) is 0 Å². The van der Waals surface area contributed by atoms with E-state index < -0.39 is 0 Å². The number of hydrogen-bond acceptors (Lipinski definition) is 4. The van der Waals surface area contributed by atoms with Gasteiger partial charge < -0.3 is 0 Å². The Balaban J connectivity index is 2.05. The fraction of sp³-hybridized carbons (Fsp3) is 0.200. The lowest BCUT2D eigenvalue weighted by atomic mass is 10.2. The molecule has 6 heteroatoms. The van der Waals surface area contributed by atoms with Gasteiger partial charge in [-0.2, -0.15) is 11.8 Å². The molecule has 1 aliphatic heterocycles. The van der Waals surface area contributed by atoms with Gasteiger partial charge in [0, 0.05) is 34.3 Å². The molecule has 0 amide bonds. The molecule has 2 aromatic rings. The maximum Gasteiger partial charge on any atom is 0.276 e. The molecule has 0 bridgehead atoms. The van der Waals surface area contributed by atoms with Gasteiger partial charge in [-0.15, -0.1) is 11.3 Å². The molecule has 0 unspecified atom stereocenters. The van der Waals surface area contributed by atoms with Gasteiger partial charge in [0.25, 0.3) is 5.91 Å². The van der Waals surface area contributed by atoms with Crippen molar-refractivity contribution in [2.24, 2.45) is 0 Å². The van der Waals surface area contributed by atoms with Crippen molar-refractivity contribution in [3.8, 4) is 0 Å². The summed E-state index contributed by atoms with van der Waals surface area (Å²) in [5.41, 5.74) is 0.707.